The van der Waals surface area contributed by atoms with Gasteiger partial charge in [0.05, 0.1) is 5.56 Å². The Morgan fingerprint density at radius 3 is 2.71 bits per heavy atom. The number of hydrogen-bond donors (Lipinski definition) is 2. The Bertz CT molecular complexity index is 589. The number of alkyl carbamates (subject to hydrolysis) is 1. The number of carbonyl (C=O) groups excluding carboxylic acids is 2. The van der Waals surface area contributed by atoms with Crippen molar-refractivity contribution in [2.45, 2.75) is 59.1 Å². The van der Waals surface area contributed by atoms with Gasteiger partial charge in [-0.2, -0.15) is 0 Å². The first-order valence-corrected chi connectivity index (χ1v) is 8.60. The molecule has 2 rings (SSSR count). The first kappa shape index (κ1) is 18.4. The van der Waals surface area contributed by atoms with Gasteiger partial charge in [0.25, 0.3) is 5.91 Å². The summed E-state index contributed by atoms with van der Waals surface area (Å²) < 4.78 is 5.31. The van der Waals surface area contributed by atoms with Crippen LogP contribution in [0.5, 0.6) is 0 Å². The number of likely N-dealkylation sites (tertiary alicyclic amines) is 1. The van der Waals surface area contributed by atoms with Crippen LogP contribution in [0.3, 0.4) is 0 Å². The van der Waals surface area contributed by atoms with Crippen LogP contribution in [0, 0.1) is 12.8 Å². The minimum absolute atomic E-state index is 0.0391. The van der Waals surface area contributed by atoms with E-state index >= 15 is 0 Å². The molecule has 0 aliphatic carbocycles. The van der Waals surface area contributed by atoms with Gasteiger partial charge in [-0.15, -0.1) is 0 Å². The van der Waals surface area contributed by atoms with Gasteiger partial charge in [-0.3, -0.25) is 4.79 Å². The average molecular weight is 335 g/mol. The molecule has 1 aliphatic heterocycles. The Kier molecular flexibility index (Phi) is 5.57. The molecule has 0 aromatic carbocycles. The van der Waals surface area contributed by atoms with Crippen LogP contribution in [-0.2, 0) is 4.74 Å². The molecule has 0 bridgehead atoms. The number of aromatic amines is 1. The third-order valence-electron chi connectivity index (χ3n) is 4.38. The molecule has 0 unspecified atom stereocenters. The highest BCUT2D eigenvalue weighted by atomic mass is 16.6. The zero-order valence-electron chi connectivity index (χ0n) is 15.3. The number of hydrogen-bond acceptors (Lipinski definition) is 3. The molecule has 1 aromatic rings. The summed E-state index contributed by atoms with van der Waals surface area (Å²) in [5, 5.41) is 2.91. The van der Waals surface area contributed by atoms with Crippen LogP contribution in [0.2, 0.25) is 0 Å². The normalized spacial score (nSPS) is 19.7. The van der Waals surface area contributed by atoms with Gasteiger partial charge in [0.1, 0.15) is 5.60 Å². The first-order valence-electron chi connectivity index (χ1n) is 8.60. The Morgan fingerprint density at radius 2 is 2.12 bits per heavy atom. The molecule has 1 aliphatic rings. The smallest absolute Gasteiger partial charge is 0.407 e. The summed E-state index contributed by atoms with van der Waals surface area (Å²) in [7, 11) is 0. The fraction of sp³-hybridized carbons (Fsp3) is 0.667. The van der Waals surface area contributed by atoms with E-state index in [-0.39, 0.29) is 17.9 Å². The van der Waals surface area contributed by atoms with Crippen molar-refractivity contribution in [2.24, 2.45) is 5.92 Å². The quantitative estimate of drug-likeness (QED) is 0.891. The molecular weight excluding hydrogens is 306 g/mol. The third kappa shape index (κ3) is 4.76. The minimum atomic E-state index is -0.510. The largest absolute Gasteiger partial charge is 0.444 e. The maximum Gasteiger partial charge on any atom is 0.407 e. The summed E-state index contributed by atoms with van der Waals surface area (Å²) in [5.74, 6) is 0.289. The van der Waals surface area contributed by atoms with Gasteiger partial charge >= 0.3 is 6.09 Å². The number of nitrogens with one attached hydrogen (secondary N) is 2. The van der Waals surface area contributed by atoms with E-state index < -0.39 is 11.7 Å². The summed E-state index contributed by atoms with van der Waals surface area (Å²) in [5.41, 5.74) is 1.11. The SMILES string of the molecule is Cc1[nH]ccc1C(=O)N1CCC[C@@H]([C@H](C)NC(=O)OC(C)(C)C)C1. The number of nitrogens with zero attached hydrogens (tertiary/aromatic N) is 1. The van der Waals surface area contributed by atoms with E-state index in [4.69, 9.17) is 4.74 Å². The number of aryl methyl sites for hydroxylation is 1. The van der Waals surface area contributed by atoms with Crippen LogP contribution in [0.1, 0.15) is 56.6 Å². The maximum atomic E-state index is 12.7. The Balaban J connectivity index is 1.94. The van der Waals surface area contributed by atoms with E-state index in [1.807, 2.05) is 45.6 Å². The zero-order chi connectivity index (χ0) is 17.9. The molecule has 0 saturated carbocycles. The zero-order valence-corrected chi connectivity index (χ0v) is 15.3. The maximum absolute atomic E-state index is 12.7. The van der Waals surface area contributed by atoms with E-state index in [1.54, 1.807) is 6.20 Å². The van der Waals surface area contributed by atoms with Gasteiger partial charge < -0.3 is 19.9 Å². The molecule has 2 heterocycles. The summed E-state index contributed by atoms with van der Waals surface area (Å²) in [4.78, 5) is 29.5. The molecular formula is C18H29N3O3. The fourth-order valence-electron chi connectivity index (χ4n) is 3.07. The van der Waals surface area contributed by atoms with E-state index in [9.17, 15) is 9.59 Å². The molecule has 0 spiro atoms. The van der Waals surface area contributed by atoms with E-state index in [0.29, 0.717) is 6.54 Å². The van der Waals surface area contributed by atoms with Crippen LogP contribution in [0.25, 0.3) is 0 Å². The lowest BCUT2D eigenvalue weighted by Gasteiger charge is -2.36. The molecule has 2 atom stereocenters. The van der Waals surface area contributed by atoms with Gasteiger partial charge in [0, 0.05) is 31.0 Å². The molecule has 6 nitrogen and oxygen atoms in total. The predicted octanol–water partition coefficient (Wildman–Crippen LogP) is 3.09. The number of aromatic nitrogens is 1. The molecule has 1 saturated heterocycles. The number of H-pyrrole nitrogens is 1. The van der Waals surface area contributed by atoms with Gasteiger partial charge in [0.15, 0.2) is 0 Å². The van der Waals surface area contributed by atoms with Crippen molar-refractivity contribution in [3.05, 3.63) is 23.5 Å². The second-order valence-electron chi connectivity index (χ2n) is 7.60. The minimum Gasteiger partial charge on any atom is -0.444 e. The van der Waals surface area contributed by atoms with E-state index in [2.05, 4.69) is 10.3 Å². The van der Waals surface area contributed by atoms with E-state index in [1.165, 1.54) is 0 Å². The lowest BCUT2D eigenvalue weighted by molar-refractivity contribution is 0.0460. The predicted molar refractivity (Wildman–Crippen MR) is 93.0 cm³/mol. The lowest BCUT2D eigenvalue weighted by Crippen LogP contribution is -2.48. The number of ether oxygens (including phenoxy) is 1. The first-order chi connectivity index (χ1) is 11.2. The molecule has 1 aromatic heterocycles. The number of carbonyl (C=O) groups is 2. The number of piperidine rings is 1. The van der Waals surface area contributed by atoms with Crippen molar-refractivity contribution in [2.75, 3.05) is 13.1 Å². The Labute approximate surface area is 143 Å². The van der Waals surface area contributed by atoms with E-state index in [0.717, 1.165) is 30.6 Å². The van der Waals surface area contributed by atoms with Gasteiger partial charge in [-0.05, 0) is 59.4 Å². The highest BCUT2D eigenvalue weighted by molar-refractivity contribution is 5.95. The van der Waals surface area contributed by atoms with Gasteiger partial charge in [-0.25, -0.2) is 4.79 Å². The molecule has 2 amide bonds. The second-order valence-corrected chi connectivity index (χ2v) is 7.60. The summed E-state index contributed by atoms with van der Waals surface area (Å²) in [6.45, 7) is 10.8. The number of rotatable bonds is 3. The Morgan fingerprint density at radius 1 is 1.42 bits per heavy atom. The topological polar surface area (TPSA) is 74.4 Å². The average Bonchev–Trinajstić information content (AvgIpc) is 2.90. The fourth-order valence-corrected chi connectivity index (χ4v) is 3.07. The highest BCUT2D eigenvalue weighted by Gasteiger charge is 2.30. The van der Waals surface area contributed by atoms with Crippen molar-refractivity contribution >= 4 is 12.0 Å². The molecule has 24 heavy (non-hydrogen) atoms. The van der Waals surface area contributed by atoms with Crippen LogP contribution < -0.4 is 5.32 Å². The van der Waals surface area contributed by atoms with Gasteiger partial charge in [0.2, 0.25) is 0 Å². The lowest BCUT2D eigenvalue weighted by atomic mass is 9.91. The molecule has 134 valence electrons. The Hall–Kier alpha value is -1.98. The van der Waals surface area contributed by atoms with Crippen molar-refractivity contribution in [3.63, 3.8) is 0 Å². The number of amides is 2. The van der Waals surface area contributed by atoms with Crippen molar-refractivity contribution in [1.29, 1.82) is 0 Å². The molecule has 1 fully saturated rings. The summed E-state index contributed by atoms with van der Waals surface area (Å²) in [6, 6.07) is 1.78. The van der Waals surface area contributed by atoms with Crippen molar-refractivity contribution < 1.29 is 14.3 Å². The van der Waals surface area contributed by atoms with Crippen LogP contribution >= 0.6 is 0 Å². The van der Waals surface area contributed by atoms with Crippen molar-refractivity contribution in [1.82, 2.24) is 15.2 Å². The monoisotopic (exact) mass is 335 g/mol. The van der Waals surface area contributed by atoms with Gasteiger partial charge in [-0.1, -0.05) is 0 Å². The molecule has 0 radical (unpaired) electrons. The van der Waals surface area contributed by atoms with Crippen LogP contribution in [-0.4, -0.2) is 46.6 Å². The second kappa shape index (κ2) is 7.28. The van der Waals surface area contributed by atoms with Crippen LogP contribution in [0.15, 0.2) is 12.3 Å². The van der Waals surface area contributed by atoms with Crippen molar-refractivity contribution in [3.8, 4) is 0 Å². The molecule has 2 N–H and O–H groups in total. The van der Waals surface area contributed by atoms with Crippen LogP contribution in [0.4, 0.5) is 4.79 Å². The third-order valence-corrected chi connectivity index (χ3v) is 4.38. The standard InChI is InChI=1S/C18H29N3O3/c1-12(20-17(23)24-18(3,4)5)14-7-6-10-21(11-14)16(22)15-8-9-19-13(15)2/h8-9,12,14,19H,6-7,10-11H2,1-5H3,(H,20,23)/t12-,14+/m0/s1. The summed E-state index contributed by atoms with van der Waals surface area (Å²) in [6.07, 6.45) is 3.32. The summed E-state index contributed by atoms with van der Waals surface area (Å²) >= 11 is 0. The highest BCUT2D eigenvalue weighted by Crippen LogP contribution is 2.22. The molecule has 6 heteroatoms.